The molecule has 2 aromatic heterocycles. The molecule has 0 bridgehead atoms. The van der Waals surface area contributed by atoms with Gasteiger partial charge < -0.3 is 62.0 Å². The second-order valence-corrected chi connectivity index (χ2v) is 16.5. The molecule has 6 heterocycles. The van der Waals surface area contributed by atoms with Crippen LogP contribution in [-0.4, -0.2) is 97.8 Å². The number of rotatable bonds is 10. The molecule has 19 heteroatoms. The Hall–Kier alpha value is -5.15. The third-order valence-corrected chi connectivity index (χ3v) is 13.0. The Morgan fingerprint density at radius 2 is 1.78 bits per heavy atom. The van der Waals surface area contributed by atoms with E-state index in [9.17, 15) is 24.2 Å². The third-order valence-electron chi connectivity index (χ3n) is 11.3. The maximum Gasteiger partial charge on any atom is 0.316 e. The molecule has 2 N–H and O–H groups in total. The normalized spacial score (nSPS) is 29.0. The number of carbonyl (C=O) groups is 2. The number of fused-ring (bicyclic) bond motifs is 5. The van der Waals surface area contributed by atoms with Gasteiger partial charge in [-0.1, -0.05) is 17.8 Å². The molecule has 314 valence electrons. The molecule has 3 saturated heterocycles. The van der Waals surface area contributed by atoms with E-state index in [4.69, 9.17) is 51.8 Å². The molecule has 0 radical (unpaired) electrons. The lowest BCUT2D eigenvalue weighted by atomic mass is 9.66. The SMILES string of the molecule is COc1cc([C@@H]2c3cc4c(cc3[C@@H](O[C@@H]3O[C@@H]5CO[C@@H](c6cccs6)O[C@H]5[C@H](OC(=O)CSc5nc6cc(F)ccc6o5)[C@H]3O)[C@H]3COC(=O)[C@H]23)OCO4)cc(OC)c1O. The van der Waals surface area contributed by atoms with Crippen LogP contribution >= 0.6 is 23.1 Å². The van der Waals surface area contributed by atoms with E-state index in [1.54, 1.807) is 24.3 Å². The third kappa shape index (κ3) is 6.87. The lowest BCUT2D eigenvalue weighted by molar-refractivity contribution is -0.369. The van der Waals surface area contributed by atoms with Gasteiger partial charge in [0.2, 0.25) is 12.5 Å². The lowest BCUT2D eigenvalue weighted by Gasteiger charge is -2.48. The number of hydrogen-bond donors (Lipinski definition) is 2. The lowest BCUT2D eigenvalue weighted by Crippen LogP contribution is -2.63. The number of methoxy groups -OCH3 is 2. The van der Waals surface area contributed by atoms with Gasteiger partial charge in [-0.2, -0.15) is 0 Å². The first kappa shape index (κ1) is 39.0. The largest absolute Gasteiger partial charge is 0.502 e. The number of phenols is 1. The summed E-state index contributed by atoms with van der Waals surface area (Å²) in [6.45, 7) is -0.0602. The molecule has 0 unspecified atom stereocenters. The van der Waals surface area contributed by atoms with Crippen molar-refractivity contribution in [2.45, 2.75) is 54.2 Å². The van der Waals surface area contributed by atoms with Crippen molar-refractivity contribution in [3.05, 3.63) is 87.4 Å². The summed E-state index contributed by atoms with van der Waals surface area (Å²) in [6, 6.07) is 14.4. The molecule has 10 rings (SSSR count). The Bertz CT molecular complexity index is 2420. The molecule has 0 spiro atoms. The van der Waals surface area contributed by atoms with Crippen molar-refractivity contribution in [2.75, 3.05) is 40.0 Å². The first-order valence-corrected chi connectivity index (χ1v) is 20.8. The Morgan fingerprint density at radius 1 is 1.00 bits per heavy atom. The van der Waals surface area contributed by atoms with E-state index in [0.29, 0.717) is 39.3 Å². The number of nitrogens with zero attached hydrogens (tertiary/aromatic N) is 1. The number of cyclic esters (lactones) is 1. The van der Waals surface area contributed by atoms with Gasteiger partial charge in [-0.3, -0.25) is 9.59 Å². The molecule has 3 fully saturated rings. The van der Waals surface area contributed by atoms with E-state index in [2.05, 4.69) is 4.98 Å². The van der Waals surface area contributed by atoms with Crippen molar-refractivity contribution in [1.82, 2.24) is 4.98 Å². The summed E-state index contributed by atoms with van der Waals surface area (Å²) in [7, 11) is 2.83. The van der Waals surface area contributed by atoms with Crippen molar-refractivity contribution in [3.63, 3.8) is 0 Å². The summed E-state index contributed by atoms with van der Waals surface area (Å²) in [6.07, 6.45) is -7.95. The number of halogens is 1. The van der Waals surface area contributed by atoms with Crippen molar-refractivity contribution in [2.24, 2.45) is 11.8 Å². The quantitative estimate of drug-likeness (QED) is 0.134. The first-order chi connectivity index (χ1) is 29.2. The second kappa shape index (κ2) is 15.7. The highest BCUT2D eigenvalue weighted by molar-refractivity contribution is 7.99. The van der Waals surface area contributed by atoms with Gasteiger partial charge in [-0.25, -0.2) is 9.37 Å². The molecular weight excluding hydrogens is 830 g/mol. The number of aliphatic hydroxyl groups is 1. The van der Waals surface area contributed by atoms with Gasteiger partial charge in [0.1, 0.15) is 35.4 Å². The molecule has 5 aliphatic rings. The van der Waals surface area contributed by atoms with Crippen molar-refractivity contribution < 1.29 is 76.0 Å². The van der Waals surface area contributed by atoms with Crippen molar-refractivity contribution in [3.8, 4) is 28.7 Å². The number of oxazole rings is 1. The highest BCUT2D eigenvalue weighted by Gasteiger charge is 2.57. The fourth-order valence-electron chi connectivity index (χ4n) is 8.55. The second-order valence-electron chi connectivity index (χ2n) is 14.6. The van der Waals surface area contributed by atoms with Crippen LogP contribution in [0.15, 0.2) is 69.6 Å². The number of aromatic hydroxyl groups is 1. The summed E-state index contributed by atoms with van der Waals surface area (Å²) in [5, 5.41) is 24.9. The monoisotopic (exact) mass is 865 g/mol. The van der Waals surface area contributed by atoms with Crippen LogP contribution in [0.5, 0.6) is 28.7 Å². The molecule has 10 atom stereocenters. The summed E-state index contributed by atoms with van der Waals surface area (Å²) in [5.41, 5.74) is 2.47. The number of aromatic nitrogens is 1. The van der Waals surface area contributed by atoms with Crippen molar-refractivity contribution in [1.29, 1.82) is 0 Å². The summed E-state index contributed by atoms with van der Waals surface area (Å²) < 4.78 is 79.3. The topological polar surface area (TPSA) is 193 Å². The van der Waals surface area contributed by atoms with E-state index < -0.39 is 78.6 Å². The standard InChI is InChI=1S/C41H36FNO15S2/c1-48-26-8-17(9-27(49-2)33(26)45)31-19-11-24-25(53-16-52-24)12-20(19)35(21-13-50-38(47)32(21)31)57-40-34(46)37(36-28(54-40)14-51-39(58-36)29-4-3-7-59-29)56-30(44)15-60-41-43-22-10-18(42)5-6-23(22)55-41/h3-12,21,28,31-32,34-37,39-40,45-46H,13-16H2,1-2H3/t21-,28+,31+,32-,34+,35+,36+,37+,39+,40-/m0/s1. The molecule has 16 nitrogen and oxygen atoms in total. The molecule has 5 aromatic rings. The Morgan fingerprint density at radius 3 is 2.53 bits per heavy atom. The van der Waals surface area contributed by atoms with Crippen LogP contribution in [0.2, 0.25) is 0 Å². The van der Waals surface area contributed by atoms with Crippen LogP contribution in [0.25, 0.3) is 11.1 Å². The van der Waals surface area contributed by atoms with Crippen molar-refractivity contribution >= 4 is 46.1 Å². The zero-order valence-corrected chi connectivity index (χ0v) is 33.4. The average Bonchev–Trinajstić information content (AvgIpc) is 4.09. The molecule has 0 amide bonds. The zero-order valence-electron chi connectivity index (χ0n) is 31.7. The van der Waals surface area contributed by atoms with Crippen LogP contribution < -0.4 is 18.9 Å². The zero-order chi connectivity index (χ0) is 41.2. The number of thiophene rings is 1. The van der Waals surface area contributed by atoms with E-state index in [0.717, 1.165) is 16.6 Å². The Labute approximate surface area is 348 Å². The molecule has 4 aliphatic heterocycles. The number of esters is 2. The van der Waals surface area contributed by atoms with Gasteiger partial charge in [-0.15, -0.1) is 11.3 Å². The van der Waals surface area contributed by atoms with Gasteiger partial charge in [0.15, 0.2) is 47.3 Å². The van der Waals surface area contributed by atoms with Gasteiger partial charge in [0.25, 0.3) is 5.22 Å². The summed E-state index contributed by atoms with van der Waals surface area (Å²) in [4.78, 5) is 32.4. The van der Waals surface area contributed by atoms with Crippen LogP contribution in [0, 0.1) is 17.7 Å². The van der Waals surface area contributed by atoms with Crippen LogP contribution in [0.3, 0.4) is 0 Å². The predicted octanol–water partition coefficient (Wildman–Crippen LogP) is 5.38. The minimum atomic E-state index is -1.60. The number of hydrogen-bond acceptors (Lipinski definition) is 18. The molecule has 1 aliphatic carbocycles. The van der Waals surface area contributed by atoms with Gasteiger partial charge in [0, 0.05) is 17.9 Å². The molecule has 0 saturated carbocycles. The summed E-state index contributed by atoms with van der Waals surface area (Å²) in [5.74, 6) is -3.09. The highest BCUT2D eigenvalue weighted by Crippen LogP contribution is 2.57. The average molecular weight is 866 g/mol. The fraction of sp³-hybridized carbons (Fsp3) is 0.390. The maximum atomic E-state index is 13.8. The molecule has 60 heavy (non-hydrogen) atoms. The first-order valence-electron chi connectivity index (χ1n) is 18.9. The predicted molar refractivity (Wildman–Crippen MR) is 205 cm³/mol. The van der Waals surface area contributed by atoms with Crippen LogP contribution in [0.1, 0.15) is 39.9 Å². The Kier molecular flexibility index (Phi) is 10.2. The molecule has 3 aromatic carbocycles. The smallest absolute Gasteiger partial charge is 0.316 e. The minimum Gasteiger partial charge on any atom is -0.502 e. The van der Waals surface area contributed by atoms with Gasteiger partial charge >= 0.3 is 11.9 Å². The molecular formula is C41H36FNO15S2. The number of phenolic OH excluding ortho intramolecular Hbond substituents is 1. The highest BCUT2D eigenvalue weighted by atomic mass is 32.2. The van der Waals surface area contributed by atoms with Crippen LogP contribution in [-0.2, 0) is 38.0 Å². The fourth-order valence-corrected chi connectivity index (χ4v) is 9.88. The van der Waals surface area contributed by atoms with E-state index in [1.165, 1.54) is 43.8 Å². The number of benzene rings is 3. The van der Waals surface area contributed by atoms with Gasteiger partial charge in [0.05, 0.1) is 44.3 Å². The number of aliphatic hydroxyl groups excluding tert-OH is 1. The minimum absolute atomic E-state index is 0.00224. The van der Waals surface area contributed by atoms with E-state index in [1.807, 2.05) is 17.5 Å². The number of ether oxygens (including phenoxy) is 10. The van der Waals surface area contributed by atoms with E-state index in [-0.39, 0.29) is 48.2 Å². The number of thioether (sulfide) groups is 1. The van der Waals surface area contributed by atoms with Gasteiger partial charge in [-0.05, 0) is 64.5 Å². The maximum absolute atomic E-state index is 13.8. The van der Waals surface area contributed by atoms with Crippen LogP contribution in [0.4, 0.5) is 4.39 Å². The van der Waals surface area contributed by atoms with E-state index >= 15 is 0 Å². The summed E-state index contributed by atoms with van der Waals surface area (Å²) >= 11 is 2.36. The Balaban J connectivity index is 0.972. The number of carbonyl (C=O) groups excluding carboxylic acids is 2.